The number of aliphatic imine (C=N–C) groups is 1. The number of nitrogens with zero attached hydrogens (tertiary/aromatic N) is 4. The molecule has 14 heteroatoms. The highest BCUT2D eigenvalue weighted by molar-refractivity contribution is 6.17. The van der Waals surface area contributed by atoms with Gasteiger partial charge in [-0.15, -0.1) is 5.10 Å². The van der Waals surface area contributed by atoms with Crippen molar-refractivity contribution in [2.24, 2.45) is 4.99 Å². The number of halogens is 3. The largest absolute Gasteiger partial charge is 0.417 e. The Labute approximate surface area is 236 Å². The summed E-state index contributed by atoms with van der Waals surface area (Å²) in [5.41, 5.74) is 7.02. The molecule has 3 atom stereocenters. The lowest BCUT2D eigenvalue weighted by Gasteiger charge is -2.20. The maximum atomic E-state index is 13.5. The van der Waals surface area contributed by atoms with Gasteiger partial charge < -0.3 is 29.8 Å². The van der Waals surface area contributed by atoms with Gasteiger partial charge in [0, 0.05) is 24.4 Å². The van der Waals surface area contributed by atoms with E-state index in [2.05, 4.69) is 47.6 Å². The third kappa shape index (κ3) is 5.47. The Morgan fingerprint density at radius 1 is 1.14 bits per heavy atom. The van der Waals surface area contributed by atoms with Crippen LogP contribution in [-0.4, -0.2) is 65.4 Å². The molecule has 0 saturated carbocycles. The van der Waals surface area contributed by atoms with E-state index in [-0.39, 0.29) is 36.5 Å². The zero-order valence-corrected chi connectivity index (χ0v) is 21.9. The normalized spacial score (nSPS) is 21.6. The van der Waals surface area contributed by atoms with Crippen LogP contribution in [0.5, 0.6) is 0 Å². The number of alkyl halides is 3. The first-order valence-corrected chi connectivity index (χ1v) is 12.7. The molecular weight excluding hydrogens is 555 g/mol. The maximum Gasteiger partial charge on any atom is 0.417 e. The summed E-state index contributed by atoms with van der Waals surface area (Å²) >= 11 is 0. The van der Waals surface area contributed by atoms with Crippen LogP contribution in [-0.2, 0) is 20.4 Å². The van der Waals surface area contributed by atoms with Gasteiger partial charge in [0.2, 0.25) is 6.17 Å². The Hall–Kier alpha value is -5.00. The van der Waals surface area contributed by atoms with Crippen LogP contribution in [0.15, 0.2) is 86.9 Å². The molecular formula is C28H22F3N7O4. The second kappa shape index (κ2) is 11.1. The number of amides is 1. The average molecular weight is 578 g/mol. The number of rotatable bonds is 7. The molecule has 1 amide bonds. The van der Waals surface area contributed by atoms with Crippen LogP contribution in [0.2, 0.25) is 0 Å². The summed E-state index contributed by atoms with van der Waals surface area (Å²) in [5, 5.41) is 16.5. The van der Waals surface area contributed by atoms with Crippen LogP contribution >= 0.6 is 0 Å². The van der Waals surface area contributed by atoms with E-state index in [0.717, 1.165) is 11.6 Å². The van der Waals surface area contributed by atoms with E-state index >= 15 is 0 Å². The van der Waals surface area contributed by atoms with Gasteiger partial charge in [-0.2, -0.15) is 13.2 Å². The molecule has 3 aromatic rings. The van der Waals surface area contributed by atoms with Gasteiger partial charge in [-0.25, -0.2) is 9.98 Å². The Morgan fingerprint density at radius 2 is 1.98 bits per heavy atom. The highest BCUT2D eigenvalue weighted by Crippen LogP contribution is 2.35. The molecule has 3 aliphatic rings. The molecule has 1 aliphatic carbocycles. The van der Waals surface area contributed by atoms with Crippen molar-refractivity contribution >= 4 is 23.3 Å². The molecule has 6 rings (SSSR count). The standard InChI is InChI=1S/C28H22F3N7O4/c1-40-21-14-41-13-20(21)33-19-11-16(28(29,30)31)12-32-23(19)26-37-38-27(42-26)36-24-25(39)34-18-10-6-5-9-17(18)22(35-24)15-7-3-2-4-8-15/h2-5,7-9,11-12,20-21,24,33H,13-14H2,1H3,(H,34,39)(H,36,38)/t20-,21-,24-/m1/s1. The second-order valence-corrected chi connectivity index (χ2v) is 9.36. The summed E-state index contributed by atoms with van der Waals surface area (Å²) in [6.45, 7) is 0.486. The number of hydrogen-bond acceptors (Lipinski definition) is 10. The van der Waals surface area contributed by atoms with Gasteiger partial charge in [0.25, 0.3) is 11.8 Å². The van der Waals surface area contributed by atoms with E-state index in [9.17, 15) is 18.0 Å². The number of carbonyl (C=O) groups is 1. The van der Waals surface area contributed by atoms with Gasteiger partial charge in [0.15, 0.2) is 5.69 Å². The van der Waals surface area contributed by atoms with Crippen molar-refractivity contribution in [1.82, 2.24) is 20.5 Å². The summed E-state index contributed by atoms with van der Waals surface area (Å²) in [7, 11) is 1.49. The lowest BCUT2D eigenvalue weighted by molar-refractivity contribution is -0.137. The Kier molecular flexibility index (Phi) is 7.19. The SMILES string of the molecule is CO[C@@H]1COC[C@H]1Nc1cc(C(F)(F)F)cnc1-c1nnc(N[C@H]2N=C(c3ccccc3)C3=CC=C=C=C3NC2=O)o1. The number of benzene rings is 1. The minimum atomic E-state index is -4.63. The fraction of sp³-hybridized carbons (Fsp3) is 0.250. The van der Waals surface area contributed by atoms with E-state index in [1.165, 1.54) is 7.11 Å². The maximum absolute atomic E-state index is 13.5. The van der Waals surface area contributed by atoms with E-state index < -0.39 is 36.0 Å². The van der Waals surface area contributed by atoms with Crippen LogP contribution in [0.25, 0.3) is 11.6 Å². The fourth-order valence-corrected chi connectivity index (χ4v) is 4.55. The number of anilines is 2. The molecule has 1 saturated heterocycles. The molecule has 0 bridgehead atoms. The summed E-state index contributed by atoms with van der Waals surface area (Å²) < 4.78 is 57.0. The summed E-state index contributed by atoms with van der Waals surface area (Å²) in [4.78, 5) is 21.7. The van der Waals surface area contributed by atoms with Crippen LogP contribution in [0.1, 0.15) is 11.1 Å². The van der Waals surface area contributed by atoms with Crippen LogP contribution in [0.3, 0.4) is 0 Å². The average Bonchev–Trinajstić information content (AvgIpc) is 3.62. The van der Waals surface area contributed by atoms with Gasteiger partial charge >= 0.3 is 12.2 Å². The van der Waals surface area contributed by atoms with Gasteiger partial charge in [-0.05, 0) is 23.9 Å². The number of methoxy groups -OCH3 is 1. The molecule has 0 unspecified atom stereocenters. The molecule has 214 valence electrons. The zero-order valence-electron chi connectivity index (χ0n) is 21.9. The van der Waals surface area contributed by atoms with Gasteiger partial charge in [-0.1, -0.05) is 41.2 Å². The molecule has 1 fully saturated rings. The zero-order chi connectivity index (χ0) is 29.3. The predicted molar refractivity (Wildman–Crippen MR) is 143 cm³/mol. The lowest BCUT2D eigenvalue weighted by Crippen LogP contribution is -2.36. The van der Waals surface area contributed by atoms with Crippen LogP contribution < -0.4 is 16.0 Å². The number of aromatic nitrogens is 3. The van der Waals surface area contributed by atoms with E-state index in [4.69, 9.17) is 13.9 Å². The molecule has 3 N–H and O–H groups in total. The molecule has 1 aromatic carbocycles. The van der Waals surface area contributed by atoms with E-state index in [1.54, 1.807) is 12.2 Å². The number of hydrogen-bond donors (Lipinski definition) is 3. The third-order valence-corrected chi connectivity index (χ3v) is 6.63. The topological polar surface area (TPSA) is 136 Å². The first-order chi connectivity index (χ1) is 20.3. The van der Waals surface area contributed by atoms with Crippen molar-refractivity contribution in [2.75, 3.05) is 31.0 Å². The predicted octanol–water partition coefficient (Wildman–Crippen LogP) is 3.47. The lowest BCUT2D eigenvalue weighted by atomic mass is 9.98. The third-order valence-electron chi connectivity index (χ3n) is 6.63. The number of allylic oxidation sites excluding steroid dienone is 3. The summed E-state index contributed by atoms with van der Waals surface area (Å²) in [6.07, 6.45) is -2.13. The quantitative estimate of drug-likeness (QED) is 0.361. The molecule has 0 radical (unpaired) electrons. The van der Waals surface area contributed by atoms with Crippen molar-refractivity contribution in [3.63, 3.8) is 0 Å². The molecule has 11 nitrogen and oxygen atoms in total. The minimum absolute atomic E-state index is 0.00333. The number of carbonyl (C=O) groups excluding carboxylic acids is 1. The van der Waals surface area contributed by atoms with Crippen LogP contribution in [0.4, 0.5) is 24.9 Å². The van der Waals surface area contributed by atoms with Crippen molar-refractivity contribution in [3.05, 3.63) is 88.6 Å². The summed E-state index contributed by atoms with van der Waals surface area (Å²) in [6, 6.07) is 9.52. The van der Waals surface area contributed by atoms with Crippen molar-refractivity contribution < 1.29 is 31.9 Å². The first kappa shape index (κ1) is 27.2. The Morgan fingerprint density at radius 3 is 2.76 bits per heavy atom. The molecule has 2 aliphatic heterocycles. The van der Waals surface area contributed by atoms with E-state index in [0.29, 0.717) is 23.2 Å². The van der Waals surface area contributed by atoms with E-state index in [1.807, 2.05) is 30.3 Å². The smallest absolute Gasteiger partial charge is 0.402 e. The monoisotopic (exact) mass is 577 g/mol. The highest BCUT2D eigenvalue weighted by Gasteiger charge is 2.35. The van der Waals surface area contributed by atoms with Gasteiger partial charge in [-0.3, -0.25) is 4.79 Å². The Bertz CT molecular complexity index is 1690. The number of nitrogens with one attached hydrogen (secondary N) is 3. The van der Waals surface area contributed by atoms with Gasteiger partial charge in [0.05, 0.1) is 36.2 Å². The first-order valence-electron chi connectivity index (χ1n) is 12.7. The summed E-state index contributed by atoms with van der Waals surface area (Å²) in [5.74, 6) is -0.714. The van der Waals surface area contributed by atoms with Crippen LogP contribution in [0, 0.1) is 0 Å². The number of ether oxygens (including phenoxy) is 2. The fourth-order valence-electron chi connectivity index (χ4n) is 4.55. The molecule has 2 aromatic heterocycles. The second-order valence-electron chi connectivity index (χ2n) is 9.36. The number of fused-ring (bicyclic) bond motifs is 1. The van der Waals surface area contributed by atoms with Gasteiger partial charge in [0.1, 0.15) is 11.8 Å². The van der Waals surface area contributed by atoms with Crippen molar-refractivity contribution in [2.45, 2.75) is 24.5 Å². The molecule has 42 heavy (non-hydrogen) atoms. The highest BCUT2D eigenvalue weighted by atomic mass is 19.4. The molecule has 4 heterocycles. The van der Waals surface area contributed by atoms with Crippen molar-refractivity contribution in [1.29, 1.82) is 0 Å². The molecule has 0 spiro atoms. The van der Waals surface area contributed by atoms with Crippen molar-refractivity contribution in [3.8, 4) is 11.6 Å². The number of pyridine rings is 1. The minimum Gasteiger partial charge on any atom is -0.402 e. The Balaban J connectivity index is 1.32.